The minimum atomic E-state index is -1.23. The molecule has 2 N–H and O–H groups in total. The number of carboxylic acids is 1. The first-order chi connectivity index (χ1) is 10.5. The highest BCUT2D eigenvalue weighted by molar-refractivity contribution is 6.32. The molecular weight excluding hydrogens is 314 g/mol. The van der Waals surface area contributed by atoms with Gasteiger partial charge in [0.1, 0.15) is 5.75 Å². The molecule has 120 valence electrons. The molecule has 1 heterocycles. The van der Waals surface area contributed by atoms with E-state index in [1.165, 1.54) is 19.2 Å². The van der Waals surface area contributed by atoms with Gasteiger partial charge in [-0.25, -0.2) is 4.79 Å². The van der Waals surface area contributed by atoms with Crippen LogP contribution in [0.2, 0.25) is 5.02 Å². The number of carboxylic acid groups (broad SMARTS) is 1. The summed E-state index contributed by atoms with van der Waals surface area (Å²) in [7, 11) is 1.46. The van der Waals surface area contributed by atoms with Gasteiger partial charge in [0.05, 0.1) is 32.0 Å². The normalized spacial score (nSPS) is 19.3. The number of ether oxygens (including phenoxy) is 3. The molecule has 0 aromatic heterocycles. The maximum Gasteiger partial charge on any atom is 0.330 e. The van der Waals surface area contributed by atoms with Crippen LogP contribution in [0, 0.1) is 0 Å². The van der Waals surface area contributed by atoms with Crippen molar-refractivity contribution in [1.82, 2.24) is 5.32 Å². The molecule has 7 nitrogen and oxygen atoms in total. The van der Waals surface area contributed by atoms with Crippen LogP contribution >= 0.6 is 11.6 Å². The highest BCUT2D eigenvalue weighted by atomic mass is 35.5. The van der Waals surface area contributed by atoms with Crippen molar-refractivity contribution in [3.05, 3.63) is 28.8 Å². The third-order valence-corrected chi connectivity index (χ3v) is 3.45. The SMILES string of the molecule is COc1ccc([C@H](NC(=O)[C@H]2COCCO2)C(=O)O)cc1Cl. The fourth-order valence-electron chi connectivity index (χ4n) is 2.02. The summed E-state index contributed by atoms with van der Waals surface area (Å²) in [5, 5.41) is 12.0. The zero-order valence-electron chi connectivity index (χ0n) is 11.9. The van der Waals surface area contributed by atoms with E-state index in [9.17, 15) is 14.7 Å². The lowest BCUT2D eigenvalue weighted by Crippen LogP contribution is -2.45. The Morgan fingerprint density at radius 3 is 2.77 bits per heavy atom. The van der Waals surface area contributed by atoms with Crippen molar-refractivity contribution in [2.24, 2.45) is 0 Å². The second kappa shape index (κ2) is 7.44. The summed E-state index contributed by atoms with van der Waals surface area (Å²) in [6.07, 6.45) is -0.815. The monoisotopic (exact) mass is 329 g/mol. The molecule has 1 aromatic carbocycles. The number of rotatable bonds is 5. The molecule has 1 aromatic rings. The number of carbonyl (C=O) groups is 2. The molecule has 0 radical (unpaired) electrons. The van der Waals surface area contributed by atoms with Crippen molar-refractivity contribution in [2.75, 3.05) is 26.9 Å². The van der Waals surface area contributed by atoms with Gasteiger partial charge >= 0.3 is 5.97 Å². The lowest BCUT2D eigenvalue weighted by atomic mass is 10.1. The molecule has 1 saturated heterocycles. The Balaban J connectivity index is 2.14. The third-order valence-electron chi connectivity index (χ3n) is 3.15. The van der Waals surface area contributed by atoms with Gasteiger partial charge in [0.25, 0.3) is 5.91 Å². The minimum Gasteiger partial charge on any atom is -0.495 e. The van der Waals surface area contributed by atoms with Crippen molar-refractivity contribution in [3.8, 4) is 5.75 Å². The van der Waals surface area contributed by atoms with Gasteiger partial charge in [0.15, 0.2) is 12.1 Å². The highest BCUT2D eigenvalue weighted by Crippen LogP contribution is 2.27. The first-order valence-corrected chi connectivity index (χ1v) is 6.96. The van der Waals surface area contributed by atoms with E-state index in [1.54, 1.807) is 6.07 Å². The topological polar surface area (TPSA) is 94.1 Å². The number of nitrogens with one attached hydrogen (secondary N) is 1. The van der Waals surface area contributed by atoms with E-state index in [0.717, 1.165) is 0 Å². The first-order valence-electron chi connectivity index (χ1n) is 6.59. The number of carbonyl (C=O) groups excluding carboxylic acids is 1. The molecule has 1 fully saturated rings. The smallest absolute Gasteiger partial charge is 0.330 e. The fraction of sp³-hybridized carbons (Fsp3) is 0.429. The molecule has 0 saturated carbocycles. The lowest BCUT2D eigenvalue weighted by molar-refractivity contribution is -0.152. The predicted molar refractivity (Wildman–Crippen MR) is 77.1 cm³/mol. The summed E-state index contributed by atoms with van der Waals surface area (Å²) in [4.78, 5) is 23.5. The molecule has 2 atom stereocenters. The Kier molecular flexibility index (Phi) is 5.59. The van der Waals surface area contributed by atoms with Gasteiger partial charge in [0.2, 0.25) is 0 Å². The number of halogens is 1. The number of aliphatic carboxylic acids is 1. The predicted octanol–water partition coefficient (Wildman–Crippen LogP) is 1.01. The summed E-state index contributed by atoms with van der Waals surface area (Å²) >= 11 is 5.99. The minimum absolute atomic E-state index is 0.0988. The standard InChI is InChI=1S/C14H16ClNO6/c1-20-10-3-2-8(6-9(10)15)12(14(18)19)16-13(17)11-7-21-4-5-22-11/h2-3,6,11-12H,4-5,7H2,1H3,(H,16,17)(H,18,19)/t11-,12+/m1/s1. The fourth-order valence-corrected chi connectivity index (χ4v) is 2.29. The zero-order chi connectivity index (χ0) is 16.1. The van der Waals surface area contributed by atoms with Gasteiger partial charge in [0, 0.05) is 0 Å². The van der Waals surface area contributed by atoms with Gasteiger partial charge in [-0.1, -0.05) is 17.7 Å². The van der Waals surface area contributed by atoms with Crippen LogP contribution in [0.4, 0.5) is 0 Å². The van der Waals surface area contributed by atoms with E-state index in [2.05, 4.69) is 5.32 Å². The summed E-state index contributed by atoms with van der Waals surface area (Å²) in [6.45, 7) is 0.811. The Bertz CT molecular complexity index is 558. The summed E-state index contributed by atoms with van der Waals surface area (Å²) in [5.41, 5.74) is 0.336. The number of amides is 1. The summed E-state index contributed by atoms with van der Waals surface area (Å²) < 4.78 is 15.4. The summed E-state index contributed by atoms with van der Waals surface area (Å²) in [6, 6.07) is 3.28. The molecule has 0 bridgehead atoms. The van der Waals surface area contributed by atoms with Crippen LogP contribution in [0.5, 0.6) is 5.75 Å². The Hall–Kier alpha value is -1.83. The van der Waals surface area contributed by atoms with E-state index in [1.807, 2.05) is 0 Å². The molecule has 0 unspecified atom stereocenters. The second-order valence-electron chi connectivity index (χ2n) is 4.61. The van der Waals surface area contributed by atoms with Crippen molar-refractivity contribution >= 4 is 23.5 Å². The van der Waals surface area contributed by atoms with Gasteiger partial charge in [-0.05, 0) is 17.7 Å². The maximum absolute atomic E-state index is 12.1. The molecule has 0 spiro atoms. The van der Waals surface area contributed by atoms with Crippen LogP contribution in [0.1, 0.15) is 11.6 Å². The highest BCUT2D eigenvalue weighted by Gasteiger charge is 2.29. The van der Waals surface area contributed by atoms with Gasteiger partial charge < -0.3 is 24.6 Å². The molecule has 1 aliphatic rings. The number of benzene rings is 1. The van der Waals surface area contributed by atoms with E-state index in [0.29, 0.717) is 24.5 Å². The Morgan fingerprint density at radius 1 is 1.45 bits per heavy atom. The van der Waals surface area contributed by atoms with Gasteiger partial charge in [-0.2, -0.15) is 0 Å². The van der Waals surface area contributed by atoms with Crippen LogP contribution in [-0.4, -0.2) is 50.0 Å². The van der Waals surface area contributed by atoms with E-state index < -0.39 is 24.0 Å². The second-order valence-corrected chi connectivity index (χ2v) is 5.02. The first kappa shape index (κ1) is 16.5. The quantitative estimate of drug-likeness (QED) is 0.837. The van der Waals surface area contributed by atoms with Crippen molar-refractivity contribution < 1.29 is 28.9 Å². The zero-order valence-corrected chi connectivity index (χ0v) is 12.6. The Labute approximate surface area is 132 Å². The molecule has 1 amide bonds. The maximum atomic E-state index is 12.1. The van der Waals surface area contributed by atoms with E-state index in [4.69, 9.17) is 25.8 Å². The lowest BCUT2D eigenvalue weighted by Gasteiger charge is -2.24. The van der Waals surface area contributed by atoms with Crippen molar-refractivity contribution in [1.29, 1.82) is 0 Å². The molecule has 1 aliphatic heterocycles. The third kappa shape index (κ3) is 3.88. The number of hydrogen-bond donors (Lipinski definition) is 2. The van der Waals surface area contributed by atoms with E-state index in [-0.39, 0.29) is 11.6 Å². The average Bonchev–Trinajstić information content (AvgIpc) is 2.52. The molecular formula is C14H16ClNO6. The van der Waals surface area contributed by atoms with Crippen molar-refractivity contribution in [2.45, 2.75) is 12.1 Å². The van der Waals surface area contributed by atoms with Gasteiger partial charge in [-0.15, -0.1) is 0 Å². The molecule has 8 heteroatoms. The van der Waals surface area contributed by atoms with Gasteiger partial charge in [-0.3, -0.25) is 4.79 Å². The molecule has 2 rings (SSSR count). The van der Waals surface area contributed by atoms with Crippen LogP contribution < -0.4 is 10.1 Å². The number of hydrogen-bond acceptors (Lipinski definition) is 5. The van der Waals surface area contributed by atoms with E-state index >= 15 is 0 Å². The molecule has 0 aliphatic carbocycles. The van der Waals surface area contributed by atoms with Crippen LogP contribution in [0.25, 0.3) is 0 Å². The Morgan fingerprint density at radius 2 is 2.23 bits per heavy atom. The largest absolute Gasteiger partial charge is 0.495 e. The average molecular weight is 330 g/mol. The number of methoxy groups -OCH3 is 1. The van der Waals surface area contributed by atoms with Crippen LogP contribution in [0.3, 0.4) is 0 Å². The van der Waals surface area contributed by atoms with Crippen molar-refractivity contribution in [3.63, 3.8) is 0 Å². The summed E-state index contributed by atoms with van der Waals surface area (Å²) in [5.74, 6) is -1.32. The van der Waals surface area contributed by atoms with Crippen LogP contribution in [0.15, 0.2) is 18.2 Å². The molecule has 22 heavy (non-hydrogen) atoms. The van der Waals surface area contributed by atoms with Crippen LogP contribution in [-0.2, 0) is 19.1 Å².